The van der Waals surface area contributed by atoms with E-state index >= 15 is 0 Å². The maximum atomic E-state index is 12.7. The van der Waals surface area contributed by atoms with Gasteiger partial charge in [-0.25, -0.2) is 5.48 Å². The number of carbonyl (C=O) groups excluding carboxylic acids is 1. The van der Waals surface area contributed by atoms with Gasteiger partial charge in [0.1, 0.15) is 0 Å². The first-order valence-electron chi connectivity index (χ1n) is 10.8. The third kappa shape index (κ3) is 4.79. The van der Waals surface area contributed by atoms with E-state index in [2.05, 4.69) is 70.9 Å². The fraction of sp³-hybridized carbons (Fsp3) is 0.222. The lowest BCUT2D eigenvalue weighted by molar-refractivity contribution is -0.130. The number of nitrogens with zero attached hydrogens (tertiary/aromatic N) is 1. The minimum atomic E-state index is -0.510. The number of hydrogen-bond donors (Lipinski definition) is 2. The average Bonchev–Trinajstić information content (AvgIpc) is 3.15. The van der Waals surface area contributed by atoms with Gasteiger partial charge in [-0.3, -0.25) is 10.0 Å². The van der Waals surface area contributed by atoms with E-state index in [4.69, 9.17) is 0 Å². The van der Waals surface area contributed by atoms with Crippen LogP contribution in [0.15, 0.2) is 83.5 Å². The molecule has 4 aromatic rings. The van der Waals surface area contributed by atoms with Crippen LogP contribution in [0.2, 0.25) is 0 Å². The number of hydroxylamine groups is 1. The Morgan fingerprint density at radius 3 is 2.38 bits per heavy atom. The first-order chi connectivity index (χ1) is 15.5. The van der Waals surface area contributed by atoms with Gasteiger partial charge in [0.25, 0.3) is 5.91 Å². The molecular weight excluding hydrogens is 464 g/mol. The number of fused-ring (bicyclic) bond motifs is 1. The summed E-state index contributed by atoms with van der Waals surface area (Å²) in [5.74, 6) is -0.422. The van der Waals surface area contributed by atoms with Crippen LogP contribution in [0.4, 0.5) is 0 Å². The number of aromatic nitrogens is 1. The quantitative estimate of drug-likeness (QED) is 0.232. The maximum absolute atomic E-state index is 12.7. The number of nitrogens with one attached hydrogen (secondary N) is 1. The number of halogens is 1. The molecule has 0 aliphatic rings. The van der Waals surface area contributed by atoms with Crippen LogP contribution in [0.3, 0.4) is 0 Å². The number of rotatable bonds is 7. The molecule has 3 aromatic carbocycles. The SMILES string of the molecule is CC(C)c1ccc(Cn2cc(C(Cc3ccccc3)C(=O)NO)c3cc(Br)ccc32)cc1. The van der Waals surface area contributed by atoms with Crippen molar-refractivity contribution in [3.05, 3.63) is 106 Å². The van der Waals surface area contributed by atoms with Crippen molar-refractivity contribution < 1.29 is 10.0 Å². The monoisotopic (exact) mass is 490 g/mol. The smallest absolute Gasteiger partial charge is 0.251 e. The van der Waals surface area contributed by atoms with E-state index in [1.54, 1.807) is 0 Å². The number of hydrogen-bond acceptors (Lipinski definition) is 2. The summed E-state index contributed by atoms with van der Waals surface area (Å²) in [7, 11) is 0. The van der Waals surface area contributed by atoms with Gasteiger partial charge >= 0.3 is 0 Å². The zero-order chi connectivity index (χ0) is 22.7. The summed E-state index contributed by atoms with van der Waals surface area (Å²) in [6, 6.07) is 24.7. The van der Waals surface area contributed by atoms with Gasteiger partial charge in [0.05, 0.1) is 5.92 Å². The van der Waals surface area contributed by atoms with E-state index in [0.717, 1.165) is 26.5 Å². The largest absolute Gasteiger partial charge is 0.343 e. The van der Waals surface area contributed by atoms with E-state index in [-0.39, 0.29) is 0 Å². The second-order valence-corrected chi connectivity index (χ2v) is 9.40. The highest BCUT2D eigenvalue weighted by Gasteiger charge is 2.25. The van der Waals surface area contributed by atoms with Gasteiger partial charge in [-0.1, -0.05) is 84.4 Å². The zero-order valence-electron chi connectivity index (χ0n) is 18.3. The molecule has 0 saturated carbocycles. The van der Waals surface area contributed by atoms with Crippen molar-refractivity contribution in [1.82, 2.24) is 10.0 Å². The molecule has 0 radical (unpaired) electrons. The van der Waals surface area contributed by atoms with Crippen LogP contribution in [0.1, 0.15) is 47.9 Å². The molecule has 0 spiro atoms. The van der Waals surface area contributed by atoms with Gasteiger partial charge in [-0.05, 0) is 52.8 Å². The fourth-order valence-corrected chi connectivity index (χ4v) is 4.54. The van der Waals surface area contributed by atoms with Gasteiger partial charge < -0.3 is 4.57 Å². The highest BCUT2D eigenvalue weighted by molar-refractivity contribution is 9.10. The third-order valence-corrected chi connectivity index (χ3v) is 6.45. The van der Waals surface area contributed by atoms with Crippen LogP contribution in [0, 0.1) is 0 Å². The number of amides is 1. The first kappa shape index (κ1) is 22.3. The molecule has 4 rings (SSSR count). The summed E-state index contributed by atoms with van der Waals surface area (Å²) in [6.07, 6.45) is 2.55. The highest BCUT2D eigenvalue weighted by atomic mass is 79.9. The van der Waals surface area contributed by atoms with Crippen molar-refractivity contribution in [3.63, 3.8) is 0 Å². The molecule has 0 bridgehead atoms. The summed E-state index contributed by atoms with van der Waals surface area (Å²) in [4.78, 5) is 12.7. The van der Waals surface area contributed by atoms with Gasteiger partial charge in [0, 0.05) is 28.1 Å². The fourth-order valence-electron chi connectivity index (χ4n) is 4.18. The standard InChI is InChI=1S/C27H27BrN2O2/c1-18(2)21-10-8-20(9-11-21)16-30-17-25(23-15-22(28)12-13-26(23)30)24(27(31)29-32)14-19-6-4-3-5-7-19/h3-13,15,17-18,24,32H,14,16H2,1-2H3,(H,29,31). The molecule has 0 aliphatic carbocycles. The molecule has 0 saturated heterocycles. The lowest BCUT2D eigenvalue weighted by Crippen LogP contribution is -2.27. The van der Waals surface area contributed by atoms with Gasteiger partial charge in [-0.15, -0.1) is 0 Å². The second kappa shape index (κ2) is 9.72. The highest BCUT2D eigenvalue weighted by Crippen LogP contribution is 2.33. The van der Waals surface area contributed by atoms with Crippen LogP contribution in [0.25, 0.3) is 10.9 Å². The van der Waals surface area contributed by atoms with Crippen molar-refractivity contribution in [2.45, 2.75) is 38.6 Å². The maximum Gasteiger partial charge on any atom is 0.251 e. The molecule has 2 N–H and O–H groups in total. The minimum absolute atomic E-state index is 0.408. The molecule has 1 atom stereocenters. The van der Waals surface area contributed by atoms with E-state index in [1.807, 2.05) is 47.9 Å². The van der Waals surface area contributed by atoms with Crippen LogP contribution < -0.4 is 5.48 Å². The molecule has 1 aromatic heterocycles. The summed E-state index contributed by atoms with van der Waals surface area (Å²) in [6.45, 7) is 5.09. The third-order valence-electron chi connectivity index (χ3n) is 5.96. The predicted octanol–water partition coefficient (Wildman–Crippen LogP) is 6.41. The molecule has 1 unspecified atom stereocenters. The van der Waals surface area contributed by atoms with Crippen LogP contribution >= 0.6 is 15.9 Å². The molecule has 32 heavy (non-hydrogen) atoms. The van der Waals surface area contributed by atoms with Crippen molar-refractivity contribution in [2.24, 2.45) is 0 Å². The van der Waals surface area contributed by atoms with Gasteiger partial charge in [0.15, 0.2) is 0 Å². The lowest BCUT2D eigenvalue weighted by atomic mass is 9.91. The summed E-state index contributed by atoms with van der Waals surface area (Å²) >= 11 is 3.58. The van der Waals surface area contributed by atoms with E-state index in [1.165, 1.54) is 11.1 Å². The number of benzene rings is 3. The molecule has 4 nitrogen and oxygen atoms in total. The lowest BCUT2D eigenvalue weighted by Gasteiger charge is -2.15. The van der Waals surface area contributed by atoms with E-state index in [9.17, 15) is 10.0 Å². The summed E-state index contributed by atoms with van der Waals surface area (Å²) < 4.78 is 3.14. The molecule has 5 heteroatoms. The Bertz CT molecular complexity index is 1210. The van der Waals surface area contributed by atoms with Crippen molar-refractivity contribution in [3.8, 4) is 0 Å². The van der Waals surface area contributed by atoms with E-state index in [0.29, 0.717) is 18.9 Å². The van der Waals surface area contributed by atoms with Crippen molar-refractivity contribution >= 4 is 32.7 Å². The normalized spacial score (nSPS) is 12.3. The molecule has 1 amide bonds. The Labute approximate surface area is 197 Å². The second-order valence-electron chi connectivity index (χ2n) is 8.49. The van der Waals surface area contributed by atoms with Crippen LogP contribution in [-0.2, 0) is 17.8 Å². The summed E-state index contributed by atoms with van der Waals surface area (Å²) in [5, 5.41) is 10.5. The van der Waals surface area contributed by atoms with E-state index < -0.39 is 11.8 Å². The Morgan fingerprint density at radius 2 is 1.72 bits per heavy atom. The average molecular weight is 491 g/mol. The Hall–Kier alpha value is -2.89. The summed E-state index contributed by atoms with van der Waals surface area (Å²) in [5.41, 5.74) is 7.39. The molecule has 0 fully saturated rings. The minimum Gasteiger partial charge on any atom is -0.343 e. The molecule has 1 heterocycles. The topological polar surface area (TPSA) is 54.3 Å². The molecule has 0 aliphatic heterocycles. The number of carbonyl (C=O) groups is 1. The predicted molar refractivity (Wildman–Crippen MR) is 132 cm³/mol. The Morgan fingerprint density at radius 1 is 1.00 bits per heavy atom. The van der Waals surface area contributed by atoms with Crippen molar-refractivity contribution in [1.29, 1.82) is 0 Å². The molecule has 164 valence electrons. The Balaban J connectivity index is 1.76. The van der Waals surface area contributed by atoms with Gasteiger partial charge in [-0.2, -0.15) is 0 Å². The molecular formula is C27H27BrN2O2. The van der Waals surface area contributed by atoms with Crippen LogP contribution in [0.5, 0.6) is 0 Å². The zero-order valence-corrected chi connectivity index (χ0v) is 19.8. The van der Waals surface area contributed by atoms with Gasteiger partial charge in [0.2, 0.25) is 0 Å². The first-order valence-corrected chi connectivity index (χ1v) is 11.6. The van der Waals surface area contributed by atoms with Crippen LogP contribution in [-0.4, -0.2) is 15.7 Å². The van der Waals surface area contributed by atoms with Crippen molar-refractivity contribution in [2.75, 3.05) is 0 Å². The Kier molecular flexibility index (Phi) is 6.77.